The number of rotatable bonds is 5. The molecule has 5 nitrogen and oxygen atoms in total. The highest BCUT2D eigenvalue weighted by atomic mass is 16.2. The maximum absolute atomic E-state index is 12.6. The maximum Gasteiger partial charge on any atom is 0.242 e. The maximum atomic E-state index is 12.6. The van der Waals surface area contributed by atoms with Crippen LogP contribution in [0.15, 0.2) is 18.2 Å². The van der Waals surface area contributed by atoms with Gasteiger partial charge in [0, 0.05) is 44.8 Å². The Balaban J connectivity index is 1.96. The number of piperazine rings is 1. The first-order chi connectivity index (χ1) is 11.8. The first-order valence-electron chi connectivity index (χ1n) is 9.21. The van der Waals surface area contributed by atoms with E-state index < -0.39 is 0 Å². The summed E-state index contributed by atoms with van der Waals surface area (Å²) in [6.07, 6.45) is 0.854. The van der Waals surface area contributed by atoms with Crippen molar-refractivity contribution in [2.24, 2.45) is 0 Å². The molecule has 1 atom stereocenters. The Kier molecular flexibility index (Phi) is 6.45. The summed E-state index contributed by atoms with van der Waals surface area (Å²) in [5.74, 6) is 0.0211. The van der Waals surface area contributed by atoms with Crippen LogP contribution in [-0.2, 0) is 9.59 Å². The summed E-state index contributed by atoms with van der Waals surface area (Å²) in [5, 5.41) is 0. The van der Waals surface area contributed by atoms with Crippen molar-refractivity contribution in [1.29, 1.82) is 0 Å². The number of carbonyl (C=O) groups is 2. The van der Waals surface area contributed by atoms with Crippen LogP contribution in [0.1, 0.15) is 38.3 Å². The zero-order chi connectivity index (χ0) is 18.6. The van der Waals surface area contributed by atoms with E-state index in [1.165, 1.54) is 23.7 Å². The number of hydrogen-bond acceptors (Lipinski definition) is 3. The average molecular weight is 345 g/mol. The molecule has 0 spiro atoms. The van der Waals surface area contributed by atoms with E-state index in [4.69, 9.17) is 0 Å². The summed E-state index contributed by atoms with van der Waals surface area (Å²) in [6, 6.07) is 6.47. The molecule has 0 radical (unpaired) electrons. The molecule has 1 fully saturated rings. The summed E-state index contributed by atoms with van der Waals surface area (Å²) in [5.41, 5.74) is 3.86. The van der Waals surface area contributed by atoms with Gasteiger partial charge in [-0.25, -0.2) is 0 Å². The lowest BCUT2D eigenvalue weighted by Gasteiger charge is -2.38. The zero-order valence-corrected chi connectivity index (χ0v) is 16.2. The normalized spacial score (nSPS) is 15.9. The number of aryl methyl sites for hydroxylation is 1. The van der Waals surface area contributed by atoms with Gasteiger partial charge in [-0.2, -0.15) is 0 Å². The smallest absolute Gasteiger partial charge is 0.242 e. The second-order valence-electron chi connectivity index (χ2n) is 6.99. The lowest BCUT2D eigenvalue weighted by Crippen LogP contribution is -2.52. The Hall–Kier alpha value is -2.04. The fourth-order valence-corrected chi connectivity index (χ4v) is 3.32. The lowest BCUT2D eigenvalue weighted by molar-refractivity contribution is -0.141. The van der Waals surface area contributed by atoms with E-state index in [0.717, 1.165) is 19.5 Å². The van der Waals surface area contributed by atoms with Crippen LogP contribution in [0.4, 0.5) is 5.69 Å². The van der Waals surface area contributed by atoms with E-state index in [9.17, 15) is 9.59 Å². The monoisotopic (exact) mass is 345 g/mol. The summed E-state index contributed by atoms with van der Waals surface area (Å²) in [6.45, 7) is 13.1. The number of anilines is 1. The van der Waals surface area contributed by atoms with Crippen LogP contribution in [-0.4, -0.2) is 60.4 Å². The van der Waals surface area contributed by atoms with E-state index in [-0.39, 0.29) is 24.4 Å². The zero-order valence-electron chi connectivity index (χ0n) is 16.2. The van der Waals surface area contributed by atoms with Crippen LogP contribution >= 0.6 is 0 Å². The Morgan fingerprint density at radius 2 is 1.80 bits per heavy atom. The fourth-order valence-electron chi connectivity index (χ4n) is 3.32. The number of hydrogen-bond donors (Lipinski definition) is 0. The van der Waals surface area contributed by atoms with Gasteiger partial charge in [0.05, 0.1) is 6.54 Å². The molecule has 1 aliphatic rings. The molecular formula is C20H31N3O2. The molecule has 1 unspecified atom stereocenters. The van der Waals surface area contributed by atoms with Crippen LogP contribution in [0.3, 0.4) is 0 Å². The lowest BCUT2D eigenvalue weighted by atomic mass is 10.1. The minimum Gasteiger partial charge on any atom is -0.368 e. The third-order valence-corrected chi connectivity index (χ3v) is 5.38. The molecule has 1 aromatic carbocycles. The van der Waals surface area contributed by atoms with Crippen molar-refractivity contribution in [1.82, 2.24) is 9.80 Å². The second kappa shape index (κ2) is 8.37. The van der Waals surface area contributed by atoms with Gasteiger partial charge in [-0.3, -0.25) is 9.59 Å². The molecule has 0 aliphatic carbocycles. The topological polar surface area (TPSA) is 43.9 Å². The summed E-state index contributed by atoms with van der Waals surface area (Å²) >= 11 is 0. The van der Waals surface area contributed by atoms with Gasteiger partial charge in [0.15, 0.2) is 0 Å². The standard InChI is InChI=1S/C20H31N3O2/c1-6-16(3)23(18(5)24)14-20(25)22-12-10-21(11-13-22)19-9-7-8-15(2)17(19)4/h7-9,16H,6,10-14H2,1-5H3. The highest BCUT2D eigenvalue weighted by Crippen LogP contribution is 2.23. The van der Waals surface area contributed by atoms with Crippen LogP contribution in [0.2, 0.25) is 0 Å². The van der Waals surface area contributed by atoms with E-state index in [2.05, 4.69) is 36.9 Å². The van der Waals surface area contributed by atoms with Gasteiger partial charge in [-0.15, -0.1) is 0 Å². The third kappa shape index (κ3) is 4.53. The van der Waals surface area contributed by atoms with Crippen molar-refractivity contribution in [3.63, 3.8) is 0 Å². The molecule has 0 bridgehead atoms. The van der Waals surface area contributed by atoms with E-state index in [0.29, 0.717) is 13.1 Å². The molecule has 25 heavy (non-hydrogen) atoms. The second-order valence-corrected chi connectivity index (χ2v) is 6.99. The van der Waals surface area contributed by atoms with Gasteiger partial charge in [0.1, 0.15) is 0 Å². The third-order valence-electron chi connectivity index (χ3n) is 5.38. The van der Waals surface area contributed by atoms with Crippen LogP contribution in [0.5, 0.6) is 0 Å². The SMILES string of the molecule is CCC(C)N(CC(=O)N1CCN(c2cccc(C)c2C)CC1)C(C)=O. The Morgan fingerprint density at radius 3 is 2.36 bits per heavy atom. The van der Waals surface area contributed by atoms with Gasteiger partial charge in [0.25, 0.3) is 0 Å². The fraction of sp³-hybridized carbons (Fsp3) is 0.600. The molecule has 1 aromatic rings. The quantitative estimate of drug-likeness (QED) is 0.824. The number of nitrogens with zero attached hydrogens (tertiary/aromatic N) is 3. The van der Waals surface area contributed by atoms with Crippen LogP contribution < -0.4 is 4.90 Å². The van der Waals surface area contributed by atoms with Crippen molar-refractivity contribution in [3.05, 3.63) is 29.3 Å². The predicted octanol–water partition coefficient (Wildman–Crippen LogP) is 2.60. The van der Waals surface area contributed by atoms with E-state index >= 15 is 0 Å². The largest absolute Gasteiger partial charge is 0.368 e. The summed E-state index contributed by atoms with van der Waals surface area (Å²) < 4.78 is 0. The van der Waals surface area contributed by atoms with Gasteiger partial charge >= 0.3 is 0 Å². The minimum absolute atomic E-state index is 0.0308. The summed E-state index contributed by atoms with van der Waals surface area (Å²) in [7, 11) is 0. The first kappa shape index (κ1) is 19.3. The molecular weight excluding hydrogens is 314 g/mol. The Morgan fingerprint density at radius 1 is 1.16 bits per heavy atom. The number of amides is 2. The van der Waals surface area contributed by atoms with Crippen molar-refractivity contribution >= 4 is 17.5 Å². The van der Waals surface area contributed by atoms with Crippen molar-refractivity contribution < 1.29 is 9.59 Å². The predicted molar refractivity (Wildman–Crippen MR) is 102 cm³/mol. The summed E-state index contributed by atoms with van der Waals surface area (Å²) in [4.78, 5) is 30.3. The Labute approximate surface area is 151 Å². The number of benzene rings is 1. The van der Waals surface area contributed by atoms with Crippen molar-refractivity contribution in [2.45, 2.75) is 47.1 Å². The molecule has 1 heterocycles. The molecule has 1 saturated heterocycles. The first-order valence-corrected chi connectivity index (χ1v) is 9.21. The minimum atomic E-state index is -0.0308. The van der Waals surface area contributed by atoms with Gasteiger partial charge < -0.3 is 14.7 Å². The molecule has 138 valence electrons. The van der Waals surface area contributed by atoms with Gasteiger partial charge in [0.2, 0.25) is 11.8 Å². The van der Waals surface area contributed by atoms with E-state index in [1.54, 1.807) is 4.90 Å². The number of carbonyl (C=O) groups excluding carboxylic acids is 2. The molecule has 1 aliphatic heterocycles. The van der Waals surface area contributed by atoms with Crippen LogP contribution in [0, 0.1) is 13.8 Å². The molecule has 0 saturated carbocycles. The highest BCUT2D eigenvalue weighted by Gasteiger charge is 2.25. The van der Waals surface area contributed by atoms with E-state index in [1.807, 2.05) is 18.7 Å². The van der Waals surface area contributed by atoms with Crippen molar-refractivity contribution in [2.75, 3.05) is 37.6 Å². The molecule has 2 amide bonds. The molecule has 0 aromatic heterocycles. The van der Waals surface area contributed by atoms with Crippen molar-refractivity contribution in [3.8, 4) is 0 Å². The molecule has 2 rings (SSSR count). The molecule has 0 N–H and O–H groups in total. The van der Waals surface area contributed by atoms with Crippen LogP contribution in [0.25, 0.3) is 0 Å². The highest BCUT2D eigenvalue weighted by molar-refractivity contribution is 5.84. The van der Waals surface area contributed by atoms with Gasteiger partial charge in [-0.05, 0) is 44.4 Å². The Bertz CT molecular complexity index is 621. The van der Waals surface area contributed by atoms with Gasteiger partial charge in [-0.1, -0.05) is 19.1 Å². The average Bonchev–Trinajstić information content (AvgIpc) is 2.61. The molecule has 5 heteroatoms.